The van der Waals surface area contributed by atoms with Gasteiger partial charge in [-0.1, -0.05) is 31.5 Å². The average Bonchev–Trinajstić information content (AvgIpc) is 2.87. The molecule has 204 valence electrons. The topological polar surface area (TPSA) is 133 Å². The first-order valence-corrected chi connectivity index (χ1v) is 15.5. The van der Waals surface area contributed by atoms with Crippen LogP contribution in [0.25, 0.3) is 0 Å². The van der Waals surface area contributed by atoms with Gasteiger partial charge in [0.1, 0.15) is 19.0 Å². The van der Waals surface area contributed by atoms with Crippen molar-refractivity contribution in [2.24, 2.45) is 5.92 Å². The van der Waals surface area contributed by atoms with E-state index >= 15 is 4.39 Å². The highest BCUT2D eigenvalue weighted by molar-refractivity contribution is 7.98. The lowest BCUT2D eigenvalue weighted by molar-refractivity contribution is -0.150. The number of ether oxygens (including phenoxy) is 2. The van der Waals surface area contributed by atoms with Crippen molar-refractivity contribution < 1.29 is 40.3 Å². The Morgan fingerprint density at radius 1 is 1.14 bits per heavy atom. The van der Waals surface area contributed by atoms with Crippen molar-refractivity contribution >= 4 is 43.2 Å². The second-order valence-electron chi connectivity index (χ2n) is 9.27. The number of esters is 2. The molecule has 2 aliphatic heterocycles. The van der Waals surface area contributed by atoms with Crippen LogP contribution < -0.4 is 5.32 Å². The van der Waals surface area contributed by atoms with Crippen molar-refractivity contribution in [1.82, 2.24) is 5.32 Å². The second-order valence-corrected chi connectivity index (χ2v) is 13.9. The summed E-state index contributed by atoms with van der Waals surface area (Å²) in [6, 6.07) is 3.74. The fourth-order valence-corrected chi connectivity index (χ4v) is 8.55. The minimum Gasteiger partial charge on any atom is -0.462 e. The van der Waals surface area contributed by atoms with Gasteiger partial charge in [-0.15, -0.1) is 0 Å². The third-order valence-corrected chi connectivity index (χ3v) is 10.0. The SMILES string of the molecule is CC1=C(C(=O)OCCOC(=O)CCC(C)C)C(c2c(F)cccc2Cl)C2=C(CS(=O)(=O)CCS2(=O)=O)N1. The van der Waals surface area contributed by atoms with E-state index in [1.165, 1.54) is 19.1 Å². The van der Waals surface area contributed by atoms with Gasteiger partial charge in [0.05, 0.1) is 33.7 Å². The smallest absolute Gasteiger partial charge is 0.336 e. The van der Waals surface area contributed by atoms with Gasteiger partial charge in [0.2, 0.25) is 0 Å². The molecular weight excluding hydrogens is 549 g/mol. The molecule has 0 bridgehead atoms. The molecule has 9 nitrogen and oxygen atoms in total. The van der Waals surface area contributed by atoms with Crippen molar-refractivity contribution in [2.75, 3.05) is 30.5 Å². The summed E-state index contributed by atoms with van der Waals surface area (Å²) >= 11 is 6.29. The van der Waals surface area contributed by atoms with Crippen LogP contribution in [-0.4, -0.2) is 59.2 Å². The first kappa shape index (κ1) is 29.1. The Hall–Kier alpha value is -2.44. The number of sulfone groups is 2. The number of dihydropyridines is 1. The van der Waals surface area contributed by atoms with Crippen molar-refractivity contribution in [3.05, 3.63) is 56.5 Å². The lowest BCUT2D eigenvalue weighted by Crippen LogP contribution is -2.34. The first-order chi connectivity index (χ1) is 17.2. The number of nitrogens with one attached hydrogen (secondary N) is 1. The zero-order chi connectivity index (χ0) is 27.5. The molecule has 0 radical (unpaired) electrons. The average molecular weight is 578 g/mol. The van der Waals surface area contributed by atoms with E-state index in [2.05, 4.69) is 5.32 Å². The number of carbonyl (C=O) groups is 2. The summed E-state index contributed by atoms with van der Waals surface area (Å²) in [5, 5.41) is 2.58. The van der Waals surface area contributed by atoms with E-state index < -0.39 is 65.5 Å². The third-order valence-electron chi connectivity index (χ3n) is 5.97. The molecule has 2 heterocycles. The minimum atomic E-state index is -4.26. The summed E-state index contributed by atoms with van der Waals surface area (Å²) in [6.45, 7) is 4.81. The van der Waals surface area contributed by atoms with E-state index in [0.29, 0.717) is 12.3 Å². The quantitative estimate of drug-likeness (QED) is 0.365. The number of allylic oxidation sites excluding steroid dienone is 2. The highest BCUT2D eigenvalue weighted by atomic mass is 35.5. The zero-order valence-electron chi connectivity index (χ0n) is 20.7. The van der Waals surface area contributed by atoms with E-state index in [-0.39, 0.29) is 47.2 Å². The van der Waals surface area contributed by atoms with Gasteiger partial charge in [-0.3, -0.25) is 4.79 Å². The van der Waals surface area contributed by atoms with Crippen LogP contribution >= 0.6 is 11.6 Å². The standard InChI is InChI=1S/C24H29ClFNO8S2/c1-14(2)7-8-19(28)34-9-10-35-24(29)20-15(3)27-18-13-36(30,31)11-12-37(32,33)23(18)22(20)21-16(25)5-4-6-17(21)26/h4-6,14,22,27H,7-13H2,1-3H3. The number of benzene rings is 1. The monoisotopic (exact) mass is 577 g/mol. The number of halogens is 2. The van der Waals surface area contributed by atoms with Crippen molar-refractivity contribution in [1.29, 1.82) is 0 Å². The molecule has 0 spiro atoms. The minimum absolute atomic E-state index is 0.0919. The van der Waals surface area contributed by atoms with Crippen molar-refractivity contribution in [3.8, 4) is 0 Å². The summed E-state index contributed by atoms with van der Waals surface area (Å²) in [4.78, 5) is 24.6. The largest absolute Gasteiger partial charge is 0.462 e. The summed E-state index contributed by atoms with van der Waals surface area (Å²) in [7, 11) is -8.06. The van der Waals surface area contributed by atoms with E-state index in [1.54, 1.807) is 0 Å². The molecule has 0 saturated heterocycles. The number of hydrogen-bond acceptors (Lipinski definition) is 9. The number of hydrogen-bond donors (Lipinski definition) is 1. The first-order valence-electron chi connectivity index (χ1n) is 11.6. The molecule has 0 saturated carbocycles. The molecule has 1 atom stereocenters. The summed E-state index contributed by atoms with van der Waals surface area (Å²) in [5.41, 5.74) is -0.587. The maximum absolute atomic E-state index is 15.1. The van der Waals surface area contributed by atoms with Crippen molar-refractivity contribution in [3.63, 3.8) is 0 Å². The van der Waals surface area contributed by atoms with Crippen LogP contribution in [0.4, 0.5) is 4.39 Å². The van der Waals surface area contributed by atoms with Gasteiger partial charge in [0.25, 0.3) is 0 Å². The van der Waals surface area contributed by atoms with E-state index in [9.17, 15) is 26.4 Å². The summed E-state index contributed by atoms with van der Waals surface area (Å²) in [6.07, 6.45) is 0.856. The molecule has 0 amide bonds. The molecule has 1 aromatic rings. The molecule has 0 fully saturated rings. The third kappa shape index (κ3) is 6.91. The molecule has 13 heteroatoms. The van der Waals surface area contributed by atoms with Gasteiger partial charge in [-0.05, 0) is 31.4 Å². The molecule has 0 aliphatic carbocycles. The van der Waals surface area contributed by atoms with Crippen LogP contribution in [-0.2, 0) is 38.7 Å². The van der Waals surface area contributed by atoms with Crippen LogP contribution in [0.5, 0.6) is 0 Å². The van der Waals surface area contributed by atoms with Crippen LogP contribution in [0.15, 0.2) is 40.1 Å². The zero-order valence-corrected chi connectivity index (χ0v) is 23.1. The Balaban J connectivity index is 1.97. The molecule has 1 N–H and O–H groups in total. The number of carbonyl (C=O) groups excluding carboxylic acids is 2. The van der Waals surface area contributed by atoms with E-state index in [0.717, 1.165) is 6.07 Å². The predicted octanol–water partition coefficient (Wildman–Crippen LogP) is 3.02. The molecule has 1 unspecified atom stereocenters. The van der Waals surface area contributed by atoms with Crippen LogP contribution in [0.3, 0.4) is 0 Å². The van der Waals surface area contributed by atoms with Gasteiger partial charge >= 0.3 is 11.9 Å². The Morgan fingerprint density at radius 2 is 1.81 bits per heavy atom. The molecular formula is C24H29ClFNO8S2. The molecule has 3 rings (SSSR count). The highest BCUT2D eigenvalue weighted by Gasteiger charge is 2.45. The maximum Gasteiger partial charge on any atom is 0.336 e. The summed E-state index contributed by atoms with van der Waals surface area (Å²) < 4.78 is 76.9. The molecule has 0 aromatic heterocycles. The highest BCUT2D eigenvalue weighted by Crippen LogP contribution is 2.45. The van der Waals surface area contributed by atoms with Gasteiger partial charge in [-0.2, -0.15) is 0 Å². The predicted molar refractivity (Wildman–Crippen MR) is 135 cm³/mol. The van der Waals surface area contributed by atoms with Crippen LogP contribution in [0, 0.1) is 11.7 Å². The molecule has 2 aliphatic rings. The van der Waals surface area contributed by atoms with Gasteiger partial charge in [0, 0.05) is 28.4 Å². The van der Waals surface area contributed by atoms with Crippen LogP contribution in [0.2, 0.25) is 5.02 Å². The summed E-state index contributed by atoms with van der Waals surface area (Å²) in [5.74, 6) is -5.51. The Kier molecular flexibility index (Phi) is 9.07. The lowest BCUT2D eigenvalue weighted by atomic mass is 9.86. The van der Waals surface area contributed by atoms with E-state index in [4.69, 9.17) is 21.1 Å². The Morgan fingerprint density at radius 3 is 2.46 bits per heavy atom. The van der Waals surface area contributed by atoms with Gasteiger partial charge < -0.3 is 14.8 Å². The van der Waals surface area contributed by atoms with Crippen LogP contribution in [0.1, 0.15) is 45.1 Å². The fourth-order valence-electron chi connectivity index (χ4n) is 4.17. The van der Waals surface area contributed by atoms with E-state index in [1.807, 2.05) is 13.8 Å². The Bertz CT molecular complexity index is 1350. The van der Waals surface area contributed by atoms with Gasteiger partial charge in [0.15, 0.2) is 19.7 Å². The molecule has 1 aromatic carbocycles. The fraction of sp³-hybridized carbons (Fsp3) is 0.500. The maximum atomic E-state index is 15.1. The Labute approximate surface area is 220 Å². The number of rotatable bonds is 8. The lowest BCUT2D eigenvalue weighted by Gasteiger charge is -2.31. The normalized spacial score (nSPS) is 20.6. The molecule has 37 heavy (non-hydrogen) atoms. The van der Waals surface area contributed by atoms with Gasteiger partial charge in [-0.25, -0.2) is 26.0 Å². The van der Waals surface area contributed by atoms with Crippen molar-refractivity contribution in [2.45, 2.75) is 39.5 Å². The second kappa shape index (κ2) is 11.5.